The summed E-state index contributed by atoms with van der Waals surface area (Å²) in [7, 11) is 0. The molecule has 0 bridgehead atoms. The normalized spacial score (nSPS) is 18.6. The number of benzene rings is 2. The van der Waals surface area contributed by atoms with E-state index >= 15 is 0 Å². The molecule has 0 saturated heterocycles. The largest absolute Gasteiger partial charge is 0.382 e. The third kappa shape index (κ3) is 5.49. The van der Waals surface area contributed by atoms with Gasteiger partial charge in [0.25, 0.3) is 5.56 Å². The highest BCUT2D eigenvalue weighted by atomic mass is 16.1. The Balaban J connectivity index is 1.21. The fraction of sp³-hybridized carbons (Fsp3) is 0.379. The first-order valence-corrected chi connectivity index (χ1v) is 12.6. The minimum Gasteiger partial charge on any atom is -0.382 e. The topological polar surface area (TPSA) is 74.7 Å². The summed E-state index contributed by atoms with van der Waals surface area (Å²) in [4.78, 5) is 12.8. The molecule has 2 heterocycles. The Kier molecular flexibility index (Phi) is 6.48. The summed E-state index contributed by atoms with van der Waals surface area (Å²) in [6.45, 7) is 7.17. The summed E-state index contributed by atoms with van der Waals surface area (Å²) in [6.07, 6.45) is 8.44. The van der Waals surface area contributed by atoms with E-state index in [1.165, 1.54) is 24.8 Å². The molecular formula is C29H35N5O. The van der Waals surface area contributed by atoms with Crippen LogP contribution in [0.15, 0.2) is 71.8 Å². The zero-order valence-electron chi connectivity index (χ0n) is 20.8. The summed E-state index contributed by atoms with van der Waals surface area (Å²) < 4.78 is 1.73. The van der Waals surface area contributed by atoms with Gasteiger partial charge < -0.3 is 10.6 Å². The Morgan fingerprint density at radius 3 is 2.74 bits per heavy atom. The van der Waals surface area contributed by atoms with Gasteiger partial charge in [0.2, 0.25) is 0 Å². The summed E-state index contributed by atoms with van der Waals surface area (Å²) in [5, 5.41) is 15.7. The second-order valence-electron chi connectivity index (χ2n) is 10.8. The molecule has 5 rings (SSSR count). The highest BCUT2D eigenvalue weighted by Gasteiger charge is 2.22. The number of anilines is 1. The van der Waals surface area contributed by atoms with E-state index in [-0.39, 0.29) is 11.0 Å². The molecule has 0 unspecified atom stereocenters. The molecule has 6 heteroatoms. The van der Waals surface area contributed by atoms with Crippen LogP contribution in [0.25, 0.3) is 16.6 Å². The molecule has 1 aliphatic rings. The van der Waals surface area contributed by atoms with Crippen molar-refractivity contribution in [2.45, 2.75) is 70.5 Å². The molecule has 2 atom stereocenters. The number of hydrogen-bond donors (Lipinski definition) is 3. The number of nitrogens with zero attached hydrogens (tertiary/aromatic N) is 2. The maximum absolute atomic E-state index is 12.8. The lowest BCUT2D eigenvalue weighted by Crippen LogP contribution is -2.38. The molecule has 1 saturated carbocycles. The van der Waals surface area contributed by atoms with Crippen molar-refractivity contribution < 1.29 is 0 Å². The van der Waals surface area contributed by atoms with Gasteiger partial charge in [-0.15, -0.1) is 0 Å². The maximum atomic E-state index is 12.8. The fourth-order valence-corrected chi connectivity index (χ4v) is 5.01. The van der Waals surface area contributed by atoms with Gasteiger partial charge in [-0.25, -0.2) is 0 Å². The summed E-state index contributed by atoms with van der Waals surface area (Å²) in [5.74, 6) is 0. The molecule has 4 aromatic rings. The molecule has 1 fully saturated rings. The number of fused-ring (bicyclic) bond motifs is 1. The number of aromatic amines is 1. The number of hydrogen-bond acceptors (Lipinski definition) is 4. The van der Waals surface area contributed by atoms with Crippen molar-refractivity contribution in [3.63, 3.8) is 0 Å². The number of aromatic nitrogens is 3. The van der Waals surface area contributed by atoms with Gasteiger partial charge in [-0.3, -0.25) is 14.5 Å². The van der Waals surface area contributed by atoms with E-state index in [0.29, 0.717) is 12.1 Å². The van der Waals surface area contributed by atoms with Crippen LogP contribution in [0.5, 0.6) is 0 Å². The standard InChI is InChI=1S/C29H35N5O/c1-29(2,3)22-12-13-34(28(35)16-22)26-9-4-6-20(14-26)18-30-23-7-5-8-24(17-23)32-25-10-11-27-21(15-25)19-31-33-27/h4,6,9-16,19,23-24,30,32H,5,7-8,17-18H2,1-3H3,(H,31,33)/t23-,24-/m0/s1. The summed E-state index contributed by atoms with van der Waals surface area (Å²) >= 11 is 0. The lowest BCUT2D eigenvalue weighted by molar-refractivity contribution is 0.350. The van der Waals surface area contributed by atoms with Gasteiger partial charge >= 0.3 is 0 Å². The lowest BCUT2D eigenvalue weighted by Gasteiger charge is -2.31. The van der Waals surface area contributed by atoms with Crippen molar-refractivity contribution in [2.24, 2.45) is 0 Å². The first-order chi connectivity index (χ1) is 16.8. The molecule has 182 valence electrons. The van der Waals surface area contributed by atoms with Gasteiger partial charge in [0.05, 0.1) is 11.7 Å². The predicted octanol–water partition coefficient (Wildman–Crippen LogP) is 5.52. The Morgan fingerprint density at radius 1 is 1.06 bits per heavy atom. The second kappa shape index (κ2) is 9.70. The van der Waals surface area contributed by atoms with Gasteiger partial charge in [-0.2, -0.15) is 5.10 Å². The van der Waals surface area contributed by atoms with E-state index in [1.54, 1.807) is 10.6 Å². The Labute approximate surface area is 206 Å². The van der Waals surface area contributed by atoms with E-state index in [2.05, 4.69) is 71.9 Å². The van der Waals surface area contributed by atoms with Crippen molar-refractivity contribution in [3.8, 4) is 5.69 Å². The van der Waals surface area contributed by atoms with Crippen molar-refractivity contribution in [1.29, 1.82) is 0 Å². The van der Waals surface area contributed by atoms with E-state index < -0.39 is 0 Å². The summed E-state index contributed by atoms with van der Waals surface area (Å²) in [5.41, 5.74) is 5.35. The van der Waals surface area contributed by atoms with Crippen LogP contribution in [0, 0.1) is 0 Å². The van der Waals surface area contributed by atoms with Crippen molar-refractivity contribution in [1.82, 2.24) is 20.1 Å². The van der Waals surface area contributed by atoms with Crippen molar-refractivity contribution in [3.05, 3.63) is 88.5 Å². The van der Waals surface area contributed by atoms with Crippen LogP contribution in [0.4, 0.5) is 5.69 Å². The third-order valence-corrected chi connectivity index (χ3v) is 7.05. The zero-order valence-corrected chi connectivity index (χ0v) is 20.8. The number of nitrogens with one attached hydrogen (secondary N) is 3. The van der Waals surface area contributed by atoms with Crippen LogP contribution in [-0.4, -0.2) is 26.8 Å². The number of H-pyrrole nitrogens is 1. The second-order valence-corrected chi connectivity index (χ2v) is 10.8. The van der Waals surface area contributed by atoms with Gasteiger partial charge in [0, 0.05) is 47.7 Å². The predicted molar refractivity (Wildman–Crippen MR) is 143 cm³/mol. The Morgan fingerprint density at radius 2 is 1.91 bits per heavy atom. The first kappa shape index (κ1) is 23.4. The van der Waals surface area contributed by atoms with E-state index in [4.69, 9.17) is 0 Å². The molecule has 3 N–H and O–H groups in total. The average molecular weight is 470 g/mol. The van der Waals surface area contributed by atoms with Crippen LogP contribution < -0.4 is 16.2 Å². The van der Waals surface area contributed by atoms with Crippen LogP contribution in [0.1, 0.15) is 57.6 Å². The molecule has 0 spiro atoms. The fourth-order valence-electron chi connectivity index (χ4n) is 5.01. The minimum absolute atomic E-state index is 0.0114. The van der Waals surface area contributed by atoms with Crippen LogP contribution in [0.2, 0.25) is 0 Å². The SMILES string of the molecule is CC(C)(C)c1ccn(-c2cccc(CN[C@H]3CCC[C@H](Nc4ccc5[nH]ncc5c4)C3)c2)c(=O)c1. The first-order valence-electron chi connectivity index (χ1n) is 12.6. The van der Waals surface area contributed by atoms with Crippen molar-refractivity contribution in [2.75, 3.05) is 5.32 Å². The highest BCUT2D eigenvalue weighted by molar-refractivity contribution is 5.81. The molecule has 0 radical (unpaired) electrons. The molecule has 2 aromatic heterocycles. The molecule has 35 heavy (non-hydrogen) atoms. The third-order valence-electron chi connectivity index (χ3n) is 7.05. The van der Waals surface area contributed by atoms with Crippen molar-refractivity contribution >= 4 is 16.6 Å². The molecule has 2 aromatic carbocycles. The van der Waals surface area contributed by atoms with Crippen LogP contribution in [0.3, 0.4) is 0 Å². The monoisotopic (exact) mass is 469 g/mol. The number of pyridine rings is 1. The zero-order chi connectivity index (χ0) is 24.4. The van der Waals surface area contributed by atoms with Gasteiger partial charge in [0.1, 0.15) is 0 Å². The van der Waals surface area contributed by atoms with E-state index in [1.807, 2.05) is 30.6 Å². The number of rotatable bonds is 6. The van der Waals surface area contributed by atoms with Gasteiger partial charge in [-0.1, -0.05) is 32.9 Å². The Bertz CT molecular complexity index is 1360. The van der Waals surface area contributed by atoms with Crippen LogP contribution >= 0.6 is 0 Å². The Hall–Kier alpha value is -3.38. The molecule has 1 aliphatic carbocycles. The summed E-state index contributed by atoms with van der Waals surface area (Å²) in [6, 6.07) is 19.4. The minimum atomic E-state index is -0.0390. The quantitative estimate of drug-likeness (QED) is 0.347. The molecule has 0 amide bonds. The van der Waals surface area contributed by atoms with E-state index in [0.717, 1.165) is 40.8 Å². The highest BCUT2D eigenvalue weighted by Crippen LogP contribution is 2.25. The average Bonchev–Trinajstić information content (AvgIpc) is 3.31. The van der Waals surface area contributed by atoms with Gasteiger partial charge in [-0.05, 0) is 78.6 Å². The van der Waals surface area contributed by atoms with Gasteiger partial charge in [0.15, 0.2) is 0 Å². The lowest BCUT2D eigenvalue weighted by atomic mass is 9.88. The maximum Gasteiger partial charge on any atom is 0.255 e. The molecular weight excluding hydrogens is 434 g/mol. The molecule has 0 aliphatic heterocycles. The van der Waals surface area contributed by atoms with E-state index in [9.17, 15) is 4.79 Å². The van der Waals surface area contributed by atoms with Crippen LogP contribution in [-0.2, 0) is 12.0 Å². The molecule has 6 nitrogen and oxygen atoms in total. The smallest absolute Gasteiger partial charge is 0.255 e.